The van der Waals surface area contributed by atoms with Gasteiger partial charge in [-0.2, -0.15) is 0 Å². The summed E-state index contributed by atoms with van der Waals surface area (Å²) in [6.45, 7) is 0. The minimum Gasteiger partial charge on any atom is -0.0827 e. The Balaban J connectivity index is 3.34. The molecule has 42 valence electrons. The maximum atomic E-state index is 7.18. The van der Waals surface area contributed by atoms with Gasteiger partial charge in [0.2, 0.25) is 0 Å². The fourth-order valence-corrected chi connectivity index (χ4v) is 0.581. The highest BCUT2D eigenvalue weighted by molar-refractivity contribution is 6.41. The van der Waals surface area contributed by atoms with Crippen LogP contribution in [0.25, 0.3) is 0 Å². The monoisotopic (exact) mass is 148 g/mol. The summed E-state index contributed by atoms with van der Waals surface area (Å²) in [5.41, 5.74) is 0. The normalized spacial score (nSPS) is 12.8. The van der Waals surface area contributed by atoms with E-state index in [4.69, 9.17) is 25.9 Å². The van der Waals surface area contributed by atoms with E-state index in [9.17, 15) is 0 Å². The van der Waals surface area contributed by atoms with Crippen molar-refractivity contribution >= 4 is 23.2 Å². The Morgan fingerprint density at radius 1 is 1.38 bits per heavy atom. The molecule has 0 atom stereocenters. The molecule has 8 heavy (non-hydrogen) atoms. The van der Waals surface area contributed by atoms with E-state index >= 15 is 0 Å². The van der Waals surface area contributed by atoms with Crippen molar-refractivity contribution in [3.05, 3.63) is 34.3 Å². The van der Waals surface area contributed by atoms with Crippen molar-refractivity contribution in [3.8, 4) is 0 Å². The van der Waals surface area contributed by atoms with Crippen LogP contribution >= 0.6 is 23.2 Å². The molecule has 0 N–H and O–H groups in total. The van der Waals surface area contributed by atoms with Gasteiger partial charge in [-0.1, -0.05) is 35.3 Å². The smallest absolute Gasteiger partial charge is 0.0639 e. The standard InChI is InChI=1S/C6H4Cl2/c7-5-3-1-2-4-6(5)8/h1-4H/i1D,3D. The van der Waals surface area contributed by atoms with E-state index in [1.54, 1.807) is 0 Å². The van der Waals surface area contributed by atoms with E-state index in [0.717, 1.165) is 0 Å². The van der Waals surface area contributed by atoms with E-state index in [-0.39, 0.29) is 17.1 Å². The SMILES string of the molecule is [2H]c1ccc(Cl)c(Cl)c1[2H]. The molecule has 1 aromatic rings. The molecule has 0 amide bonds. The summed E-state index contributed by atoms with van der Waals surface area (Å²) in [4.78, 5) is 0. The Kier molecular flexibility index (Phi) is 1.12. The molecule has 0 heterocycles. The van der Waals surface area contributed by atoms with Gasteiger partial charge in [-0.3, -0.25) is 0 Å². The summed E-state index contributed by atoms with van der Waals surface area (Å²) in [6.07, 6.45) is 0. The lowest BCUT2D eigenvalue weighted by Gasteiger charge is -1.88. The fraction of sp³-hybridized carbons (Fsp3) is 0. The Labute approximate surface area is 60.8 Å². The number of halogens is 2. The first kappa shape index (κ1) is 3.76. The van der Waals surface area contributed by atoms with Gasteiger partial charge in [0.25, 0.3) is 0 Å². The summed E-state index contributed by atoms with van der Waals surface area (Å²) < 4.78 is 14.3. The maximum Gasteiger partial charge on any atom is 0.0639 e. The highest BCUT2D eigenvalue weighted by Gasteiger charge is 1.89. The third-order valence-electron chi connectivity index (χ3n) is 0.705. The number of hydrogen-bond donors (Lipinski definition) is 0. The second-order valence-electron chi connectivity index (χ2n) is 1.26. The molecule has 0 unspecified atom stereocenters. The summed E-state index contributed by atoms with van der Waals surface area (Å²) in [5, 5.41) is 0.469. The minimum atomic E-state index is -0.0193. The molecular formula is C6H4Cl2. The lowest BCUT2D eigenvalue weighted by atomic mass is 10.4. The van der Waals surface area contributed by atoms with Crippen molar-refractivity contribution in [2.75, 3.05) is 0 Å². The van der Waals surface area contributed by atoms with Gasteiger partial charge in [0, 0.05) is 0 Å². The second kappa shape index (κ2) is 2.38. The van der Waals surface area contributed by atoms with Gasteiger partial charge < -0.3 is 0 Å². The van der Waals surface area contributed by atoms with Gasteiger partial charge >= 0.3 is 0 Å². The van der Waals surface area contributed by atoms with Crippen LogP contribution in [0.3, 0.4) is 0 Å². The Hall–Kier alpha value is -0.200. The third kappa shape index (κ3) is 1.15. The van der Waals surface area contributed by atoms with Gasteiger partial charge in [0.1, 0.15) is 0 Å². The van der Waals surface area contributed by atoms with Gasteiger partial charge in [0.15, 0.2) is 0 Å². The van der Waals surface area contributed by atoms with E-state index in [2.05, 4.69) is 0 Å². The lowest BCUT2D eigenvalue weighted by Crippen LogP contribution is -1.62. The molecular weight excluding hydrogens is 143 g/mol. The summed E-state index contributed by atoms with van der Waals surface area (Å²) in [5.74, 6) is 0. The molecule has 1 rings (SSSR count). The average Bonchev–Trinajstić information content (AvgIpc) is 1.93. The molecule has 0 aromatic heterocycles. The molecule has 2 heteroatoms. The quantitative estimate of drug-likeness (QED) is 0.531. The van der Waals surface area contributed by atoms with Crippen LogP contribution in [-0.2, 0) is 0 Å². The molecule has 0 radical (unpaired) electrons. The predicted octanol–water partition coefficient (Wildman–Crippen LogP) is 2.99. The molecule has 0 nitrogen and oxygen atoms in total. The van der Waals surface area contributed by atoms with Crippen molar-refractivity contribution in [2.24, 2.45) is 0 Å². The first-order valence-electron chi connectivity index (χ1n) is 3.04. The molecule has 0 aliphatic rings. The molecule has 0 aliphatic carbocycles. The third-order valence-corrected chi connectivity index (χ3v) is 1.41. The van der Waals surface area contributed by atoms with Crippen molar-refractivity contribution in [1.82, 2.24) is 0 Å². The van der Waals surface area contributed by atoms with Gasteiger partial charge in [-0.25, -0.2) is 0 Å². The molecule has 0 saturated heterocycles. The van der Waals surface area contributed by atoms with Crippen LogP contribution in [0, 0.1) is 0 Å². The summed E-state index contributed by atoms with van der Waals surface area (Å²) in [7, 11) is 0. The van der Waals surface area contributed by atoms with Crippen LogP contribution in [0.4, 0.5) is 0 Å². The van der Waals surface area contributed by atoms with Crippen LogP contribution in [0.1, 0.15) is 2.74 Å². The van der Waals surface area contributed by atoms with Crippen molar-refractivity contribution in [1.29, 1.82) is 0 Å². The van der Waals surface area contributed by atoms with Gasteiger partial charge in [-0.05, 0) is 12.1 Å². The first-order chi connectivity index (χ1) is 4.63. The molecule has 0 aliphatic heterocycles. The van der Waals surface area contributed by atoms with Crippen LogP contribution < -0.4 is 0 Å². The highest BCUT2D eigenvalue weighted by Crippen LogP contribution is 2.19. The Morgan fingerprint density at radius 3 is 2.75 bits per heavy atom. The van der Waals surface area contributed by atoms with Crippen molar-refractivity contribution in [3.63, 3.8) is 0 Å². The lowest BCUT2D eigenvalue weighted by molar-refractivity contribution is 1.71. The zero-order valence-corrected chi connectivity index (χ0v) is 5.42. The topological polar surface area (TPSA) is 0 Å². The molecule has 0 saturated carbocycles. The molecule has 1 aromatic carbocycles. The Morgan fingerprint density at radius 2 is 2.12 bits per heavy atom. The van der Waals surface area contributed by atoms with Crippen molar-refractivity contribution < 1.29 is 2.74 Å². The van der Waals surface area contributed by atoms with Crippen LogP contribution in [0.15, 0.2) is 24.2 Å². The summed E-state index contributed by atoms with van der Waals surface area (Å²) in [6, 6.07) is 3.02. The first-order valence-corrected chi connectivity index (χ1v) is 2.79. The molecule has 0 spiro atoms. The van der Waals surface area contributed by atoms with Gasteiger partial charge in [0.05, 0.1) is 12.8 Å². The van der Waals surface area contributed by atoms with Crippen LogP contribution in [-0.4, -0.2) is 0 Å². The maximum absolute atomic E-state index is 7.18. The van der Waals surface area contributed by atoms with Crippen LogP contribution in [0.2, 0.25) is 10.0 Å². The second-order valence-corrected chi connectivity index (χ2v) is 2.05. The largest absolute Gasteiger partial charge is 0.0827 e. The summed E-state index contributed by atoms with van der Waals surface area (Å²) >= 11 is 11.1. The average molecular weight is 149 g/mol. The Bertz CT molecular complexity index is 233. The highest BCUT2D eigenvalue weighted by atomic mass is 35.5. The van der Waals surface area contributed by atoms with Crippen molar-refractivity contribution in [2.45, 2.75) is 0 Å². The van der Waals surface area contributed by atoms with Crippen LogP contribution in [0.5, 0.6) is 0 Å². The fourth-order valence-electron chi connectivity index (χ4n) is 0.353. The zero-order chi connectivity index (χ0) is 7.72. The number of benzene rings is 1. The number of hydrogen-bond acceptors (Lipinski definition) is 0. The van der Waals surface area contributed by atoms with Gasteiger partial charge in [-0.15, -0.1) is 0 Å². The predicted molar refractivity (Wildman–Crippen MR) is 36.5 cm³/mol. The minimum absolute atomic E-state index is 0.0193. The molecule has 0 fully saturated rings. The van der Waals surface area contributed by atoms with E-state index in [1.165, 1.54) is 12.1 Å². The van der Waals surface area contributed by atoms with E-state index < -0.39 is 0 Å². The molecule has 0 bridgehead atoms. The van der Waals surface area contributed by atoms with E-state index in [0.29, 0.717) is 5.02 Å². The zero-order valence-electron chi connectivity index (χ0n) is 5.91. The number of rotatable bonds is 0. The van der Waals surface area contributed by atoms with E-state index in [1.807, 2.05) is 0 Å².